The van der Waals surface area contributed by atoms with E-state index in [0.717, 1.165) is 44.8 Å². The topological polar surface area (TPSA) is 95.8 Å². The number of nitrogens with zero attached hydrogens (tertiary/aromatic N) is 2. The molecule has 0 amide bonds. The molecule has 0 saturated carbocycles. The first kappa shape index (κ1) is 36.3. The highest BCUT2D eigenvalue weighted by molar-refractivity contribution is 6.00. The zero-order chi connectivity index (χ0) is 38.4. The van der Waals surface area contributed by atoms with Gasteiger partial charge in [0.2, 0.25) is 0 Å². The van der Waals surface area contributed by atoms with Crippen LogP contribution in [0, 0.1) is 0 Å². The van der Waals surface area contributed by atoms with Crippen molar-refractivity contribution in [2.45, 2.75) is 0 Å². The molecule has 0 spiro atoms. The second-order valence-electron chi connectivity index (χ2n) is 12.0. The molecule has 0 unspecified atom stereocenters. The Bertz CT molecular complexity index is 2340. The van der Waals surface area contributed by atoms with Crippen molar-refractivity contribution in [2.75, 3.05) is 0 Å². The van der Waals surface area contributed by atoms with Crippen LogP contribution in [0.1, 0.15) is 22.3 Å². The third-order valence-electron chi connectivity index (χ3n) is 8.15. The maximum Gasteiger partial charge on any atom is 0.519 e. The predicted octanol–water partition coefficient (Wildman–Crippen LogP) is 11.7. The van der Waals surface area contributed by atoms with E-state index in [0.29, 0.717) is 0 Å². The van der Waals surface area contributed by atoms with E-state index in [1.165, 1.54) is 24.3 Å². The van der Waals surface area contributed by atoms with Crippen LogP contribution in [-0.4, -0.2) is 24.1 Å². The van der Waals surface area contributed by atoms with Gasteiger partial charge in [0.25, 0.3) is 0 Å². The molecule has 0 N–H and O–H groups in total. The summed E-state index contributed by atoms with van der Waals surface area (Å²) in [7, 11) is 0. The summed E-state index contributed by atoms with van der Waals surface area (Å²) in [6, 6.07) is 58.5. The molecule has 0 bridgehead atoms. The smallest absolute Gasteiger partial charge is 0.395 e. The highest BCUT2D eigenvalue weighted by atomic mass is 16.7. The molecule has 56 heavy (non-hydrogen) atoms. The van der Waals surface area contributed by atoms with Crippen LogP contribution >= 0.6 is 0 Å². The van der Waals surface area contributed by atoms with Gasteiger partial charge in [-0.3, -0.25) is 0 Å². The fourth-order valence-electron chi connectivity index (χ4n) is 5.43. The van der Waals surface area contributed by atoms with Crippen LogP contribution in [0.5, 0.6) is 23.0 Å². The molecule has 0 saturated heterocycles. The normalized spacial score (nSPS) is 10.1. The van der Waals surface area contributed by atoms with Crippen LogP contribution in [0.2, 0.25) is 0 Å². The van der Waals surface area contributed by atoms with Gasteiger partial charge in [-0.25, -0.2) is 19.6 Å². The van der Waals surface area contributed by atoms with E-state index >= 15 is 0 Å². The number of hydrogen-bond acceptors (Lipinski definition) is 8. The van der Waals surface area contributed by atoms with Gasteiger partial charge in [0.1, 0.15) is 23.0 Å². The molecule has 8 heteroatoms. The second-order valence-corrected chi connectivity index (χ2v) is 12.0. The van der Waals surface area contributed by atoms with Crippen molar-refractivity contribution in [3.05, 3.63) is 216 Å². The van der Waals surface area contributed by atoms with Crippen LogP contribution < -0.4 is 18.9 Å². The number of carbonyl (C=O) groups is 2. The quantitative estimate of drug-likeness (QED) is 0.0789. The molecule has 0 aliphatic rings. The van der Waals surface area contributed by atoms with Crippen molar-refractivity contribution in [3.63, 3.8) is 0 Å². The van der Waals surface area contributed by atoms with Crippen molar-refractivity contribution in [2.24, 2.45) is 9.98 Å². The number of para-hydroxylation sites is 2. The van der Waals surface area contributed by atoms with Crippen molar-refractivity contribution in [3.8, 4) is 23.0 Å². The summed E-state index contributed by atoms with van der Waals surface area (Å²) >= 11 is 0. The minimum absolute atomic E-state index is 0.187. The van der Waals surface area contributed by atoms with Gasteiger partial charge in [0, 0.05) is 0 Å². The van der Waals surface area contributed by atoms with E-state index in [-0.39, 0.29) is 23.0 Å². The Kier molecular flexibility index (Phi) is 11.8. The summed E-state index contributed by atoms with van der Waals surface area (Å²) in [6.07, 6.45) is -1.87. The summed E-state index contributed by atoms with van der Waals surface area (Å²) in [4.78, 5) is 34.2. The Labute approximate surface area is 323 Å². The first-order chi connectivity index (χ1) is 27.6. The minimum Gasteiger partial charge on any atom is -0.395 e. The number of hydrogen-bond donors (Lipinski definition) is 0. The minimum atomic E-state index is -0.935. The molecule has 7 rings (SSSR count). The lowest BCUT2D eigenvalue weighted by Crippen LogP contribution is -2.14. The van der Waals surface area contributed by atoms with Crippen LogP contribution in [0.25, 0.3) is 11.1 Å². The first-order valence-electron chi connectivity index (χ1n) is 17.5. The molecule has 7 aromatic rings. The van der Waals surface area contributed by atoms with Crippen molar-refractivity contribution in [1.29, 1.82) is 0 Å². The van der Waals surface area contributed by atoms with Gasteiger partial charge in [-0.1, -0.05) is 97.1 Å². The monoisotopic (exact) mass is 732 g/mol. The summed E-state index contributed by atoms with van der Waals surface area (Å²) in [5.41, 5.74) is 6.66. The first-order valence-corrected chi connectivity index (χ1v) is 17.5. The van der Waals surface area contributed by atoms with E-state index in [4.69, 9.17) is 18.9 Å². The van der Waals surface area contributed by atoms with Gasteiger partial charge in [0.05, 0.1) is 22.5 Å². The van der Waals surface area contributed by atoms with Gasteiger partial charge in [0.15, 0.2) is 0 Å². The zero-order valence-corrected chi connectivity index (χ0v) is 29.8. The molecule has 0 radical (unpaired) electrons. The Morgan fingerprint density at radius 1 is 0.321 bits per heavy atom. The van der Waals surface area contributed by atoms with E-state index in [2.05, 4.69) is 21.7 Å². The van der Waals surface area contributed by atoms with Crippen LogP contribution in [-0.2, 0) is 0 Å². The van der Waals surface area contributed by atoms with E-state index in [1.807, 2.05) is 146 Å². The Hall–Kier alpha value is -8.02. The van der Waals surface area contributed by atoms with Crippen molar-refractivity contribution >= 4 is 46.6 Å². The molecular weight excluding hydrogens is 701 g/mol. The van der Waals surface area contributed by atoms with Gasteiger partial charge < -0.3 is 18.9 Å². The summed E-state index contributed by atoms with van der Waals surface area (Å²) in [5.74, 6) is 7.29. The van der Waals surface area contributed by atoms with Gasteiger partial charge >= 0.3 is 12.3 Å². The van der Waals surface area contributed by atoms with Crippen LogP contribution in [0.4, 0.5) is 21.0 Å². The fourth-order valence-corrected chi connectivity index (χ4v) is 5.43. The van der Waals surface area contributed by atoms with Crippen LogP contribution in [0.3, 0.4) is 0 Å². The molecule has 7 aromatic carbocycles. The lowest BCUT2D eigenvalue weighted by molar-refractivity contribution is 0.149. The molecule has 0 fully saturated rings. The molecule has 270 valence electrons. The molecular formula is C48H32N2O6. The second kappa shape index (κ2) is 18.1. The van der Waals surface area contributed by atoms with Gasteiger partial charge in [-0.2, -0.15) is 0 Å². The van der Waals surface area contributed by atoms with E-state index in [1.54, 1.807) is 24.3 Å². The fraction of sp³-hybridized carbons (Fsp3) is 0. The molecule has 0 heterocycles. The number of aliphatic imine (C=N–C) groups is 2. The lowest BCUT2D eigenvalue weighted by Gasteiger charge is -2.09. The predicted molar refractivity (Wildman–Crippen MR) is 218 cm³/mol. The number of carbonyl (C=O) groups excluding carboxylic acids is 2. The third-order valence-corrected chi connectivity index (χ3v) is 8.15. The molecule has 0 aromatic heterocycles. The van der Waals surface area contributed by atoms with Gasteiger partial charge in [-0.05, 0) is 131 Å². The Morgan fingerprint density at radius 2 is 0.571 bits per heavy atom. The number of benzene rings is 7. The van der Waals surface area contributed by atoms with Crippen LogP contribution in [0.15, 0.2) is 204 Å². The maximum atomic E-state index is 12.6. The standard InChI is InChI=1S/C48H32N2O6/c51-47(53-41-25-21-37(22-26-41)45(35-13-5-1-6-14-35)33-49-39-17-9-3-10-18-39)55-43-29-31-44(32-30-43)56-48(52)54-42-27-23-38(24-28-42)46(36-15-7-2-8-16-36)34-50-40-19-11-4-12-20-40/h1-32H. The highest BCUT2D eigenvalue weighted by Crippen LogP contribution is 2.27. The highest BCUT2D eigenvalue weighted by Gasteiger charge is 2.13. The molecule has 0 atom stereocenters. The number of rotatable bonds is 10. The number of ether oxygens (including phenoxy) is 4. The van der Waals surface area contributed by atoms with Crippen molar-refractivity contribution < 1.29 is 28.5 Å². The van der Waals surface area contributed by atoms with E-state index in [9.17, 15) is 9.59 Å². The molecule has 0 aliphatic carbocycles. The average molecular weight is 733 g/mol. The maximum absolute atomic E-state index is 12.6. The zero-order valence-electron chi connectivity index (χ0n) is 29.8. The summed E-state index contributed by atoms with van der Waals surface area (Å²) in [6.45, 7) is 0. The average Bonchev–Trinajstić information content (AvgIpc) is 3.24. The Balaban J connectivity index is 0.940. The van der Waals surface area contributed by atoms with Crippen molar-refractivity contribution in [1.82, 2.24) is 0 Å². The summed E-state index contributed by atoms with van der Waals surface area (Å²) in [5, 5.41) is 0. The molecule has 8 nitrogen and oxygen atoms in total. The third kappa shape index (κ3) is 10.1. The van der Waals surface area contributed by atoms with E-state index < -0.39 is 12.3 Å². The summed E-state index contributed by atoms with van der Waals surface area (Å²) < 4.78 is 21.5. The lowest BCUT2D eigenvalue weighted by atomic mass is 9.99. The van der Waals surface area contributed by atoms with Gasteiger partial charge in [-0.15, -0.1) is 0 Å². The Morgan fingerprint density at radius 3 is 0.875 bits per heavy atom. The SMILES string of the molecule is O=C(Oc1ccc(OC(=O)Oc2ccc(C(=C=Nc3ccccc3)c3ccccc3)cc2)cc1)Oc1ccc(C(=C=Nc2ccccc2)c2ccccc2)cc1. The largest absolute Gasteiger partial charge is 0.519 e. The molecule has 0 aliphatic heterocycles.